The maximum Gasteiger partial charge on any atom is 0.0507 e. The van der Waals surface area contributed by atoms with Gasteiger partial charge in [-0.1, -0.05) is 0 Å². The van der Waals surface area contributed by atoms with E-state index in [1.54, 1.807) is 0 Å². The van der Waals surface area contributed by atoms with E-state index in [1.807, 2.05) is 0 Å². The summed E-state index contributed by atoms with van der Waals surface area (Å²) in [5.74, 6) is 1.75. The summed E-state index contributed by atoms with van der Waals surface area (Å²) in [6.45, 7) is 7.17. The van der Waals surface area contributed by atoms with Gasteiger partial charge in [-0.05, 0) is 63.6 Å². The van der Waals surface area contributed by atoms with Crippen LogP contribution in [0.5, 0.6) is 0 Å². The molecule has 2 heterocycles. The summed E-state index contributed by atoms with van der Waals surface area (Å²) in [5.41, 5.74) is 0. The Bertz CT molecular complexity index is 228. The molecule has 3 fully saturated rings. The minimum absolute atomic E-state index is 0.816. The van der Waals surface area contributed by atoms with Gasteiger partial charge in [-0.25, -0.2) is 0 Å². The molecule has 98 valence electrons. The van der Waals surface area contributed by atoms with Crippen molar-refractivity contribution in [1.29, 1.82) is 0 Å². The first kappa shape index (κ1) is 11.9. The first-order chi connectivity index (χ1) is 8.40. The van der Waals surface area contributed by atoms with Crippen LogP contribution in [0, 0.1) is 11.8 Å². The molecule has 0 aromatic heterocycles. The molecule has 3 aliphatic rings. The van der Waals surface area contributed by atoms with Gasteiger partial charge >= 0.3 is 0 Å². The standard InChI is InChI=1S/C14H26N2O/c1-2-14(1)15-9-12-3-6-16(7-4-12)10-13-5-8-17-11-13/h12-15H,1-11H2. The molecule has 1 atom stereocenters. The highest BCUT2D eigenvalue weighted by Gasteiger charge is 2.26. The molecule has 0 aromatic carbocycles. The van der Waals surface area contributed by atoms with E-state index in [9.17, 15) is 0 Å². The molecule has 17 heavy (non-hydrogen) atoms. The van der Waals surface area contributed by atoms with E-state index in [2.05, 4.69) is 10.2 Å². The molecule has 0 bridgehead atoms. The molecule has 0 aromatic rings. The zero-order valence-corrected chi connectivity index (χ0v) is 10.9. The second-order valence-corrected chi connectivity index (χ2v) is 6.16. The maximum absolute atomic E-state index is 5.45. The first-order valence-electron chi connectivity index (χ1n) is 7.43. The smallest absolute Gasteiger partial charge is 0.0507 e. The summed E-state index contributed by atoms with van der Waals surface area (Å²) in [6, 6.07) is 0.878. The Morgan fingerprint density at radius 1 is 1.00 bits per heavy atom. The third-order valence-electron chi connectivity index (χ3n) is 4.52. The van der Waals surface area contributed by atoms with Crippen LogP contribution in [-0.2, 0) is 4.74 Å². The van der Waals surface area contributed by atoms with Gasteiger partial charge in [0, 0.05) is 19.2 Å². The van der Waals surface area contributed by atoms with Crippen molar-refractivity contribution in [2.45, 2.75) is 38.1 Å². The van der Waals surface area contributed by atoms with Crippen LogP contribution < -0.4 is 5.32 Å². The van der Waals surface area contributed by atoms with Gasteiger partial charge in [0.2, 0.25) is 0 Å². The molecular weight excluding hydrogens is 212 g/mol. The summed E-state index contributed by atoms with van der Waals surface area (Å²) >= 11 is 0. The molecule has 1 aliphatic carbocycles. The number of piperidine rings is 1. The van der Waals surface area contributed by atoms with Gasteiger partial charge in [0.25, 0.3) is 0 Å². The Balaban J connectivity index is 1.31. The highest BCUT2D eigenvalue weighted by molar-refractivity contribution is 4.83. The van der Waals surface area contributed by atoms with E-state index >= 15 is 0 Å². The van der Waals surface area contributed by atoms with Gasteiger partial charge < -0.3 is 15.0 Å². The van der Waals surface area contributed by atoms with Gasteiger partial charge in [-0.2, -0.15) is 0 Å². The van der Waals surface area contributed by atoms with E-state index in [1.165, 1.54) is 58.3 Å². The van der Waals surface area contributed by atoms with Crippen LogP contribution in [0.25, 0.3) is 0 Å². The molecule has 0 spiro atoms. The Hall–Kier alpha value is -0.120. The summed E-state index contributed by atoms with van der Waals surface area (Å²) < 4.78 is 5.45. The minimum Gasteiger partial charge on any atom is -0.381 e. The summed E-state index contributed by atoms with van der Waals surface area (Å²) in [6.07, 6.45) is 6.91. The van der Waals surface area contributed by atoms with E-state index < -0.39 is 0 Å². The molecule has 0 radical (unpaired) electrons. The number of hydrogen-bond donors (Lipinski definition) is 1. The highest BCUT2D eigenvalue weighted by atomic mass is 16.5. The summed E-state index contributed by atoms with van der Waals surface area (Å²) in [7, 11) is 0. The van der Waals surface area contributed by atoms with Crippen LogP contribution in [0.2, 0.25) is 0 Å². The molecule has 1 N–H and O–H groups in total. The number of nitrogens with one attached hydrogen (secondary N) is 1. The van der Waals surface area contributed by atoms with Crippen molar-refractivity contribution in [3.8, 4) is 0 Å². The van der Waals surface area contributed by atoms with E-state index in [0.717, 1.165) is 31.1 Å². The van der Waals surface area contributed by atoms with Crippen LogP contribution >= 0.6 is 0 Å². The average Bonchev–Trinajstić information content (AvgIpc) is 3.05. The topological polar surface area (TPSA) is 24.5 Å². The molecule has 1 unspecified atom stereocenters. The van der Waals surface area contributed by atoms with Crippen molar-refractivity contribution >= 4 is 0 Å². The normalized spacial score (nSPS) is 32.1. The zero-order valence-electron chi connectivity index (χ0n) is 10.9. The van der Waals surface area contributed by atoms with Crippen molar-refractivity contribution in [3.63, 3.8) is 0 Å². The SMILES string of the molecule is C1CC(CN2CCC(CNC3CC3)CC2)CO1. The van der Waals surface area contributed by atoms with Gasteiger partial charge in [0.05, 0.1) is 6.61 Å². The number of likely N-dealkylation sites (tertiary alicyclic amines) is 1. The zero-order chi connectivity index (χ0) is 11.5. The van der Waals surface area contributed by atoms with Crippen molar-refractivity contribution < 1.29 is 4.74 Å². The van der Waals surface area contributed by atoms with E-state index in [4.69, 9.17) is 4.74 Å². The van der Waals surface area contributed by atoms with Gasteiger partial charge in [0.15, 0.2) is 0 Å². The van der Waals surface area contributed by atoms with E-state index in [-0.39, 0.29) is 0 Å². The molecular formula is C14H26N2O. The Morgan fingerprint density at radius 2 is 1.82 bits per heavy atom. The molecule has 0 amide bonds. The fraction of sp³-hybridized carbons (Fsp3) is 1.00. The molecule has 3 heteroatoms. The Morgan fingerprint density at radius 3 is 2.47 bits per heavy atom. The lowest BCUT2D eigenvalue weighted by Gasteiger charge is -2.33. The first-order valence-corrected chi connectivity index (χ1v) is 7.43. The second kappa shape index (κ2) is 5.68. The Labute approximate surface area is 105 Å². The largest absolute Gasteiger partial charge is 0.381 e. The fourth-order valence-corrected chi connectivity index (χ4v) is 3.09. The lowest BCUT2D eigenvalue weighted by atomic mass is 9.95. The molecule has 1 saturated carbocycles. The quantitative estimate of drug-likeness (QED) is 0.785. The lowest BCUT2D eigenvalue weighted by Crippen LogP contribution is -2.40. The van der Waals surface area contributed by atoms with Crippen LogP contribution in [-0.4, -0.2) is 50.3 Å². The summed E-state index contributed by atoms with van der Waals surface area (Å²) in [4.78, 5) is 2.66. The predicted molar refractivity (Wildman–Crippen MR) is 69.1 cm³/mol. The van der Waals surface area contributed by atoms with Crippen molar-refractivity contribution in [2.75, 3.05) is 39.4 Å². The monoisotopic (exact) mass is 238 g/mol. The number of nitrogens with zero attached hydrogens (tertiary/aromatic N) is 1. The van der Waals surface area contributed by atoms with Crippen LogP contribution in [0.15, 0.2) is 0 Å². The number of ether oxygens (including phenoxy) is 1. The molecule has 2 saturated heterocycles. The van der Waals surface area contributed by atoms with Crippen molar-refractivity contribution in [1.82, 2.24) is 10.2 Å². The number of rotatable bonds is 5. The van der Waals surface area contributed by atoms with Gasteiger partial charge in [-0.3, -0.25) is 0 Å². The van der Waals surface area contributed by atoms with Crippen LogP contribution in [0.4, 0.5) is 0 Å². The molecule has 3 nitrogen and oxygen atoms in total. The maximum atomic E-state index is 5.45. The van der Waals surface area contributed by atoms with Crippen molar-refractivity contribution in [2.24, 2.45) is 11.8 Å². The van der Waals surface area contributed by atoms with Crippen LogP contribution in [0.3, 0.4) is 0 Å². The van der Waals surface area contributed by atoms with Crippen LogP contribution in [0.1, 0.15) is 32.1 Å². The van der Waals surface area contributed by atoms with Gasteiger partial charge in [-0.15, -0.1) is 0 Å². The van der Waals surface area contributed by atoms with E-state index in [0.29, 0.717) is 0 Å². The lowest BCUT2D eigenvalue weighted by molar-refractivity contribution is 0.140. The van der Waals surface area contributed by atoms with Crippen molar-refractivity contribution in [3.05, 3.63) is 0 Å². The molecule has 2 aliphatic heterocycles. The number of hydrogen-bond acceptors (Lipinski definition) is 3. The molecule has 3 rings (SSSR count). The third-order valence-corrected chi connectivity index (χ3v) is 4.52. The second-order valence-electron chi connectivity index (χ2n) is 6.16. The minimum atomic E-state index is 0.816. The highest BCUT2D eigenvalue weighted by Crippen LogP contribution is 2.23. The van der Waals surface area contributed by atoms with Gasteiger partial charge in [0.1, 0.15) is 0 Å². The Kier molecular flexibility index (Phi) is 3.99. The summed E-state index contributed by atoms with van der Waals surface area (Å²) in [5, 5.41) is 3.68. The average molecular weight is 238 g/mol. The fourth-order valence-electron chi connectivity index (χ4n) is 3.09. The predicted octanol–water partition coefficient (Wildman–Crippen LogP) is 1.49. The third kappa shape index (κ3) is 3.67.